The maximum atomic E-state index is 14.2. The Morgan fingerprint density at radius 2 is 2.05 bits per heavy atom. The summed E-state index contributed by atoms with van der Waals surface area (Å²) in [6, 6.07) is 1.38. The maximum absolute atomic E-state index is 14.2. The number of nitrogens with zero attached hydrogens (tertiary/aromatic N) is 4. The van der Waals surface area contributed by atoms with Crippen LogP contribution in [0.5, 0.6) is 0 Å². The van der Waals surface area contributed by atoms with Gasteiger partial charge in [-0.2, -0.15) is 4.39 Å². The Kier molecular flexibility index (Phi) is 4.17. The summed E-state index contributed by atoms with van der Waals surface area (Å²) in [6.07, 6.45) is 0. The SMILES string of the molecule is CC(C)n1c(CCl)nnc1-c1c(F)ccc([N+](=O)[O-])c1F. The molecule has 112 valence electrons. The molecule has 0 aliphatic heterocycles. The Labute approximate surface area is 123 Å². The third-order valence-corrected chi connectivity index (χ3v) is 3.13. The monoisotopic (exact) mass is 316 g/mol. The van der Waals surface area contributed by atoms with E-state index in [1.165, 1.54) is 4.57 Å². The van der Waals surface area contributed by atoms with Gasteiger partial charge < -0.3 is 4.57 Å². The molecule has 9 heteroatoms. The van der Waals surface area contributed by atoms with Crippen LogP contribution in [0.15, 0.2) is 12.1 Å². The van der Waals surface area contributed by atoms with E-state index in [1.807, 2.05) is 0 Å². The van der Waals surface area contributed by atoms with E-state index in [9.17, 15) is 18.9 Å². The molecule has 0 unspecified atom stereocenters. The van der Waals surface area contributed by atoms with Crippen LogP contribution in [0, 0.1) is 21.7 Å². The molecule has 2 aromatic rings. The van der Waals surface area contributed by atoms with Gasteiger partial charge in [-0.05, 0) is 19.9 Å². The number of hydrogen-bond donors (Lipinski definition) is 0. The molecule has 0 bridgehead atoms. The lowest BCUT2D eigenvalue weighted by atomic mass is 10.1. The Balaban J connectivity index is 2.76. The number of nitro groups is 1. The number of alkyl halides is 1. The minimum atomic E-state index is -1.28. The number of nitro benzene ring substituents is 1. The zero-order valence-corrected chi connectivity index (χ0v) is 11.9. The van der Waals surface area contributed by atoms with E-state index >= 15 is 0 Å². The molecule has 0 fully saturated rings. The molecule has 0 N–H and O–H groups in total. The van der Waals surface area contributed by atoms with Crippen molar-refractivity contribution >= 4 is 17.3 Å². The summed E-state index contributed by atoms with van der Waals surface area (Å²) in [5, 5.41) is 18.3. The summed E-state index contributed by atoms with van der Waals surface area (Å²) >= 11 is 5.72. The molecule has 0 aliphatic rings. The largest absolute Gasteiger partial charge is 0.307 e. The van der Waals surface area contributed by atoms with E-state index in [2.05, 4.69) is 10.2 Å². The fourth-order valence-electron chi connectivity index (χ4n) is 2.02. The predicted molar refractivity (Wildman–Crippen MR) is 72.0 cm³/mol. The first kappa shape index (κ1) is 15.3. The predicted octanol–water partition coefficient (Wildman–Crippen LogP) is 3.45. The number of rotatable bonds is 4. The molecule has 1 heterocycles. The molecule has 0 radical (unpaired) electrons. The summed E-state index contributed by atoms with van der Waals surface area (Å²) in [7, 11) is 0. The van der Waals surface area contributed by atoms with Gasteiger partial charge in [-0.1, -0.05) is 0 Å². The van der Waals surface area contributed by atoms with Gasteiger partial charge in [0.05, 0.1) is 16.4 Å². The quantitative estimate of drug-likeness (QED) is 0.492. The first-order valence-corrected chi connectivity index (χ1v) is 6.54. The van der Waals surface area contributed by atoms with Gasteiger partial charge in [0.1, 0.15) is 11.6 Å². The van der Waals surface area contributed by atoms with Crippen LogP contribution < -0.4 is 0 Å². The van der Waals surface area contributed by atoms with Crippen molar-refractivity contribution in [2.24, 2.45) is 0 Å². The van der Waals surface area contributed by atoms with Gasteiger partial charge in [0.15, 0.2) is 5.82 Å². The van der Waals surface area contributed by atoms with E-state index in [-0.39, 0.29) is 17.7 Å². The van der Waals surface area contributed by atoms with Gasteiger partial charge in [0.25, 0.3) is 0 Å². The number of benzene rings is 1. The Hall–Kier alpha value is -2.09. The average Bonchev–Trinajstić information content (AvgIpc) is 2.82. The summed E-state index contributed by atoms with van der Waals surface area (Å²) in [5.41, 5.74) is -1.40. The second-order valence-corrected chi connectivity index (χ2v) is 4.82. The highest BCUT2D eigenvalue weighted by Crippen LogP contribution is 2.32. The molecular weight excluding hydrogens is 306 g/mol. The number of aromatic nitrogens is 3. The molecular formula is C12H11ClF2N4O2. The van der Waals surface area contributed by atoms with E-state index in [0.717, 1.165) is 12.1 Å². The molecule has 1 aromatic carbocycles. The molecule has 0 spiro atoms. The normalized spacial score (nSPS) is 11.1. The van der Waals surface area contributed by atoms with Crippen molar-refractivity contribution in [3.05, 3.63) is 39.7 Å². The van der Waals surface area contributed by atoms with E-state index in [0.29, 0.717) is 5.82 Å². The van der Waals surface area contributed by atoms with Crippen LogP contribution >= 0.6 is 11.6 Å². The van der Waals surface area contributed by atoms with Crippen LogP contribution in [-0.2, 0) is 5.88 Å². The standard InChI is InChI=1S/C12H11ClF2N4O2/c1-6(2)18-9(5-13)16-17-12(18)10-7(14)3-4-8(11(10)15)19(20)21/h3-4,6H,5H2,1-2H3. The third-order valence-electron chi connectivity index (χ3n) is 2.89. The topological polar surface area (TPSA) is 73.8 Å². The van der Waals surface area contributed by atoms with Crippen molar-refractivity contribution in [3.8, 4) is 11.4 Å². The maximum Gasteiger partial charge on any atom is 0.305 e. The molecule has 0 saturated carbocycles. The van der Waals surface area contributed by atoms with E-state index in [1.54, 1.807) is 13.8 Å². The Bertz CT molecular complexity index is 703. The lowest BCUT2D eigenvalue weighted by molar-refractivity contribution is -0.387. The number of halogens is 3. The van der Waals surface area contributed by atoms with Gasteiger partial charge in [0, 0.05) is 12.1 Å². The third kappa shape index (κ3) is 2.58. The summed E-state index contributed by atoms with van der Waals surface area (Å²) in [6.45, 7) is 3.52. The van der Waals surface area contributed by atoms with Crippen molar-refractivity contribution < 1.29 is 13.7 Å². The van der Waals surface area contributed by atoms with Crippen molar-refractivity contribution in [1.29, 1.82) is 0 Å². The zero-order chi connectivity index (χ0) is 15.7. The van der Waals surface area contributed by atoms with Gasteiger partial charge in [-0.15, -0.1) is 21.8 Å². The van der Waals surface area contributed by atoms with Crippen LogP contribution in [0.25, 0.3) is 11.4 Å². The van der Waals surface area contributed by atoms with Crippen LogP contribution in [0.4, 0.5) is 14.5 Å². The van der Waals surface area contributed by atoms with Crippen molar-refractivity contribution in [3.63, 3.8) is 0 Å². The molecule has 2 rings (SSSR count). The van der Waals surface area contributed by atoms with Crippen LogP contribution in [0.2, 0.25) is 0 Å². The lowest BCUT2D eigenvalue weighted by Crippen LogP contribution is -2.09. The minimum absolute atomic E-state index is 0.00332. The minimum Gasteiger partial charge on any atom is -0.307 e. The van der Waals surface area contributed by atoms with Gasteiger partial charge in [-0.3, -0.25) is 10.1 Å². The lowest BCUT2D eigenvalue weighted by Gasteiger charge is -2.13. The summed E-state index contributed by atoms with van der Waals surface area (Å²) in [5.74, 6) is -2.03. The fourth-order valence-corrected chi connectivity index (χ4v) is 2.20. The van der Waals surface area contributed by atoms with Gasteiger partial charge >= 0.3 is 5.69 Å². The second kappa shape index (κ2) is 5.72. The van der Waals surface area contributed by atoms with Gasteiger partial charge in [-0.25, -0.2) is 4.39 Å². The Morgan fingerprint density at radius 3 is 2.57 bits per heavy atom. The van der Waals surface area contributed by atoms with Crippen LogP contribution in [-0.4, -0.2) is 19.7 Å². The highest BCUT2D eigenvalue weighted by molar-refractivity contribution is 6.16. The molecule has 0 atom stereocenters. The Morgan fingerprint density at radius 1 is 1.38 bits per heavy atom. The molecule has 21 heavy (non-hydrogen) atoms. The highest BCUT2D eigenvalue weighted by atomic mass is 35.5. The first-order valence-electron chi connectivity index (χ1n) is 6.01. The first-order chi connectivity index (χ1) is 9.88. The highest BCUT2D eigenvalue weighted by Gasteiger charge is 2.27. The molecule has 6 nitrogen and oxygen atoms in total. The number of hydrogen-bond acceptors (Lipinski definition) is 4. The van der Waals surface area contributed by atoms with E-state index < -0.39 is 27.8 Å². The van der Waals surface area contributed by atoms with Crippen LogP contribution in [0.3, 0.4) is 0 Å². The van der Waals surface area contributed by atoms with Crippen molar-refractivity contribution in [2.45, 2.75) is 25.8 Å². The molecule has 1 aromatic heterocycles. The average molecular weight is 317 g/mol. The van der Waals surface area contributed by atoms with Crippen LogP contribution in [0.1, 0.15) is 25.7 Å². The van der Waals surface area contributed by atoms with E-state index in [4.69, 9.17) is 11.6 Å². The van der Waals surface area contributed by atoms with Crippen molar-refractivity contribution in [1.82, 2.24) is 14.8 Å². The fraction of sp³-hybridized carbons (Fsp3) is 0.333. The molecule has 0 aliphatic carbocycles. The van der Waals surface area contributed by atoms with Crippen molar-refractivity contribution in [2.75, 3.05) is 0 Å². The smallest absolute Gasteiger partial charge is 0.305 e. The summed E-state index contributed by atoms with van der Waals surface area (Å²) < 4.78 is 29.6. The second-order valence-electron chi connectivity index (χ2n) is 4.55. The van der Waals surface area contributed by atoms with Gasteiger partial charge in [0.2, 0.25) is 5.82 Å². The summed E-state index contributed by atoms with van der Waals surface area (Å²) in [4.78, 5) is 9.86. The molecule has 0 amide bonds. The zero-order valence-electron chi connectivity index (χ0n) is 11.2. The molecule has 0 saturated heterocycles.